The maximum Gasteiger partial charge on any atom is 0.163 e. The van der Waals surface area contributed by atoms with Gasteiger partial charge in [-0.05, 0) is 42.7 Å². The highest BCUT2D eigenvalue weighted by atomic mass is 16.5. The van der Waals surface area contributed by atoms with Crippen LogP contribution in [0.5, 0.6) is 11.5 Å². The van der Waals surface area contributed by atoms with Crippen molar-refractivity contribution in [2.45, 2.75) is 38.1 Å². The molecule has 0 aliphatic heterocycles. The maximum absolute atomic E-state index is 6.21. The molecule has 2 aromatic heterocycles. The van der Waals surface area contributed by atoms with Gasteiger partial charge >= 0.3 is 0 Å². The van der Waals surface area contributed by atoms with E-state index >= 15 is 0 Å². The van der Waals surface area contributed by atoms with Crippen molar-refractivity contribution < 1.29 is 4.74 Å². The lowest BCUT2D eigenvalue weighted by Crippen LogP contribution is -2.07. The smallest absolute Gasteiger partial charge is 0.163 e. The van der Waals surface area contributed by atoms with Crippen molar-refractivity contribution >= 4 is 16.9 Å². The molecule has 2 N–H and O–H groups in total. The number of ether oxygens (including phenoxy) is 1. The molecule has 5 rings (SSSR count). The van der Waals surface area contributed by atoms with E-state index in [-0.39, 0.29) is 0 Å². The van der Waals surface area contributed by atoms with Gasteiger partial charge in [0.1, 0.15) is 23.6 Å². The number of hydrogen-bond acceptors (Lipinski definition) is 5. The van der Waals surface area contributed by atoms with Crippen molar-refractivity contribution in [1.29, 1.82) is 0 Å². The summed E-state index contributed by atoms with van der Waals surface area (Å²) in [5.74, 6) is 2.13. The third-order valence-corrected chi connectivity index (χ3v) is 5.54. The van der Waals surface area contributed by atoms with Gasteiger partial charge in [-0.15, -0.1) is 0 Å². The number of aromatic nitrogens is 4. The molecule has 0 spiro atoms. The predicted molar refractivity (Wildman–Crippen MR) is 113 cm³/mol. The normalized spacial score (nSPS) is 14.5. The second-order valence-corrected chi connectivity index (χ2v) is 7.52. The van der Waals surface area contributed by atoms with Gasteiger partial charge in [0.05, 0.1) is 17.1 Å². The van der Waals surface area contributed by atoms with Crippen LogP contribution < -0.4 is 10.5 Å². The molecule has 1 aliphatic carbocycles. The quantitative estimate of drug-likeness (QED) is 0.528. The molecule has 0 unspecified atom stereocenters. The average Bonchev–Trinajstić information content (AvgIpc) is 3.39. The Balaban J connectivity index is 1.43. The van der Waals surface area contributed by atoms with E-state index in [1.807, 2.05) is 42.5 Å². The first kappa shape index (κ1) is 17.7. The van der Waals surface area contributed by atoms with E-state index < -0.39 is 0 Å². The molecule has 6 heteroatoms. The SMILES string of the molecule is Nc1ncnc2c1c(Cc1ccc(Oc3ccccc3)cc1)nn2C1CCCC1. The summed E-state index contributed by atoms with van der Waals surface area (Å²) < 4.78 is 7.96. The van der Waals surface area contributed by atoms with Gasteiger partial charge in [-0.1, -0.05) is 43.2 Å². The number of fused-ring (bicyclic) bond motifs is 1. The highest BCUT2D eigenvalue weighted by Crippen LogP contribution is 2.34. The molecular weight excluding hydrogens is 362 g/mol. The zero-order valence-corrected chi connectivity index (χ0v) is 16.2. The number of para-hydroxylation sites is 1. The van der Waals surface area contributed by atoms with Gasteiger partial charge < -0.3 is 10.5 Å². The van der Waals surface area contributed by atoms with Gasteiger partial charge in [0, 0.05) is 6.42 Å². The maximum atomic E-state index is 6.21. The molecule has 1 saturated carbocycles. The zero-order chi connectivity index (χ0) is 19.6. The Labute approximate surface area is 169 Å². The Bertz CT molecular complexity index is 1120. The van der Waals surface area contributed by atoms with Crippen molar-refractivity contribution in [1.82, 2.24) is 19.7 Å². The molecule has 1 aliphatic rings. The number of nitrogen functional groups attached to an aromatic ring is 1. The first-order valence-electron chi connectivity index (χ1n) is 10.1. The Kier molecular flexibility index (Phi) is 4.60. The number of rotatable bonds is 5. The van der Waals surface area contributed by atoms with Crippen LogP contribution in [-0.2, 0) is 6.42 Å². The van der Waals surface area contributed by atoms with Crippen LogP contribution in [0.4, 0.5) is 5.82 Å². The van der Waals surface area contributed by atoms with Gasteiger partial charge in [0.2, 0.25) is 0 Å². The summed E-state index contributed by atoms with van der Waals surface area (Å²) in [5.41, 5.74) is 9.14. The summed E-state index contributed by atoms with van der Waals surface area (Å²) in [6.45, 7) is 0. The molecular formula is C23H23N5O. The minimum atomic E-state index is 0.405. The molecule has 0 radical (unpaired) electrons. The lowest BCUT2D eigenvalue weighted by atomic mass is 10.1. The third-order valence-electron chi connectivity index (χ3n) is 5.54. The van der Waals surface area contributed by atoms with Crippen molar-refractivity contribution in [2.75, 3.05) is 5.73 Å². The van der Waals surface area contributed by atoms with Crippen LogP contribution in [0.1, 0.15) is 43.0 Å². The topological polar surface area (TPSA) is 78.8 Å². The monoisotopic (exact) mass is 385 g/mol. The Morgan fingerprint density at radius 3 is 2.41 bits per heavy atom. The first-order valence-corrected chi connectivity index (χ1v) is 10.1. The summed E-state index contributed by atoms with van der Waals surface area (Å²) in [6.07, 6.45) is 6.98. The standard InChI is InChI=1S/C23H23N5O/c24-22-21-20(27-28(17-6-4-5-7-17)23(21)26-15-25-22)14-16-10-12-19(13-11-16)29-18-8-2-1-3-9-18/h1-3,8-13,15,17H,4-7,14H2,(H2,24,25,26). The zero-order valence-electron chi connectivity index (χ0n) is 16.2. The summed E-state index contributed by atoms with van der Waals surface area (Å²) in [4.78, 5) is 8.70. The fraction of sp³-hybridized carbons (Fsp3) is 0.261. The summed E-state index contributed by atoms with van der Waals surface area (Å²) in [7, 11) is 0. The van der Waals surface area contributed by atoms with Crippen LogP contribution in [0.3, 0.4) is 0 Å². The van der Waals surface area contributed by atoms with Crippen molar-refractivity contribution in [3.05, 3.63) is 72.2 Å². The molecule has 0 bridgehead atoms. The number of nitrogens with two attached hydrogens (primary N) is 1. The van der Waals surface area contributed by atoms with E-state index in [2.05, 4.69) is 26.8 Å². The van der Waals surface area contributed by atoms with Crippen LogP contribution in [-0.4, -0.2) is 19.7 Å². The fourth-order valence-corrected chi connectivity index (χ4v) is 4.09. The minimum Gasteiger partial charge on any atom is -0.457 e. The highest BCUT2D eigenvalue weighted by molar-refractivity contribution is 5.88. The Morgan fingerprint density at radius 1 is 0.931 bits per heavy atom. The van der Waals surface area contributed by atoms with Crippen LogP contribution in [0.2, 0.25) is 0 Å². The van der Waals surface area contributed by atoms with Crippen LogP contribution in [0.15, 0.2) is 60.9 Å². The van der Waals surface area contributed by atoms with Crippen LogP contribution >= 0.6 is 0 Å². The van der Waals surface area contributed by atoms with Crippen molar-refractivity contribution in [2.24, 2.45) is 0 Å². The second kappa shape index (κ2) is 7.54. The van der Waals surface area contributed by atoms with E-state index in [9.17, 15) is 0 Å². The molecule has 1 fully saturated rings. The van der Waals surface area contributed by atoms with E-state index in [1.165, 1.54) is 19.2 Å². The molecule has 0 saturated heterocycles. The van der Waals surface area contributed by atoms with E-state index in [4.69, 9.17) is 15.6 Å². The average molecular weight is 385 g/mol. The number of anilines is 1. The number of benzene rings is 2. The molecule has 0 atom stereocenters. The summed E-state index contributed by atoms with van der Waals surface area (Å²) in [6, 6.07) is 18.3. The molecule has 4 aromatic rings. The van der Waals surface area contributed by atoms with Gasteiger partial charge in [0.25, 0.3) is 0 Å². The van der Waals surface area contributed by atoms with E-state index in [0.717, 1.165) is 46.6 Å². The van der Waals surface area contributed by atoms with Crippen molar-refractivity contribution in [3.8, 4) is 11.5 Å². The molecule has 146 valence electrons. The van der Waals surface area contributed by atoms with Gasteiger partial charge in [-0.3, -0.25) is 0 Å². The number of hydrogen-bond donors (Lipinski definition) is 1. The molecule has 0 amide bonds. The molecule has 2 heterocycles. The minimum absolute atomic E-state index is 0.405. The van der Waals surface area contributed by atoms with Crippen LogP contribution in [0, 0.1) is 0 Å². The highest BCUT2D eigenvalue weighted by Gasteiger charge is 2.23. The van der Waals surface area contributed by atoms with Gasteiger partial charge in [0.15, 0.2) is 5.65 Å². The van der Waals surface area contributed by atoms with E-state index in [0.29, 0.717) is 18.3 Å². The number of nitrogens with zero attached hydrogens (tertiary/aromatic N) is 4. The lowest BCUT2D eigenvalue weighted by molar-refractivity contribution is 0.475. The Hall–Kier alpha value is -3.41. The van der Waals surface area contributed by atoms with E-state index in [1.54, 1.807) is 0 Å². The summed E-state index contributed by atoms with van der Waals surface area (Å²) in [5, 5.41) is 5.80. The third kappa shape index (κ3) is 3.53. The van der Waals surface area contributed by atoms with Crippen LogP contribution in [0.25, 0.3) is 11.0 Å². The Morgan fingerprint density at radius 2 is 1.66 bits per heavy atom. The first-order chi connectivity index (χ1) is 14.3. The van der Waals surface area contributed by atoms with Gasteiger partial charge in [-0.25, -0.2) is 14.6 Å². The fourth-order valence-electron chi connectivity index (χ4n) is 4.09. The predicted octanol–water partition coefficient (Wildman–Crippen LogP) is 4.91. The summed E-state index contributed by atoms with van der Waals surface area (Å²) >= 11 is 0. The molecule has 2 aromatic carbocycles. The van der Waals surface area contributed by atoms with Gasteiger partial charge in [-0.2, -0.15) is 5.10 Å². The molecule has 6 nitrogen and oxygen atoms in total. The van der Waals surface area contributed by atoms with Crippen molar-refractivity contribution in [3.63, 3.8) is 0 Å². The lowest BCUT2D eigenvalue weighted by Gasteiger charge is -2.10. The second-order valence-electron chi connectivity index (χ2n) is 7.52. The largest absolute Gasteiger partial charge is 0.457 e. The molecule has 29 heavy (non-hydrogen) atoms.